The van der Waals surface area contributed by atoms with Crippen molar-refractivity contribution < 1.29 is 14.3 Å². The van der Waals surface area contributed by atoms with Gasteiger partial charge in [-0.15, -0.1) is 0 Å². The Morgan fingerprint density at radius 2 is 2.21 bits per heavy atom. The molecular weight excluding hydrogens is 304 g/mol. The van der Waals surface area contributed by atoms with Crippen molar-refractivity contribution in [2.45, 2.75) is 26.4 Å². The fourth-order valence-corrected chi connectivity index (χ4v) is 2.83. The van der Waals surface area contributed by atoms with Crippen LogP contribution in [0, 0.1) is 6.92 Å². The number of hydrogen-bond acceptors (Lipinski definition) is 4. The van der Waals surface area contributed by atoms with Crippen molar-refractivity contribution in [1.29, 1.82) is 0 Å². The summed E-state index contributed by atoms with van der Waals surface area (Å²) in [5, 5.41) is 0. The molecule has 5 heteroatoms. The molecule has 0 aliphatic carbocycles. The minimum absolute atomic E-state index is 0.0153. The number of carbonyl (C=O) groups is 1. The van der Waals surface area contributed by atoms with Crippen LogP contribution >= 0.6 is 0 Å². The monoisotopic (exact) mass is 326 g/mol. The second kappa shape index (κ2) is 7.45. The Hall–Kier alpha value is -2.40. The maximum absolute atomic E-state index is 12.9. The summed E-state index contributed by atoms with van der Waals surface area (Å²) >= 11 is 0. The molecule has 2 aromatic rings. The second-order valence-corrected chi connectivity index (χ2v) is 5.82. The van der Waals surface area contributed by atoms with E-state index in [9.17, 15) is 4.79 Å². The third-order valence-electron chi connectivity index (χ3n) is 4.12. The zero-order valence-corrected chi connectivity index (χ0v) is 14.1. The predicted octanol–water partition coefficient (Wildman–Crippen LogP) is 3.22. The van der Waals surface area contributed by atoms with Gasteiger partial charge in [-0.3, -0.25) is 4.79 Å². The lowest BCUT2D eigenvalue weighted by atomic mass is 10.1. The first-order valence-corrected chi connectivity index (χ1v) is 8.27. The number of carbonyl (C=O) groups excluding carboxylic acids is 1. The van der Waals surface area contributed by atoms with Crippen molar-refractivity contribution >= 4 is 11.6 Å². The number of amides is 1. The summed E-state index contributed by atoms with van der Waals surface area (Å²) in [6.45, 7) is 5.86. The highest BCUT2D eigenvalue weighted by Crippen LogP contribution is 2.23. The Labute approximate surface area is 142 Å². The molecule has 1 atom stereocenters. The Kier molecular flexibility index (Phi) is 5.11. The minimum Gasteiger partial charge on any atom is -0.472 e. The van der Waals surface area contributed by atoms with Crippen LogP contribution in [-0.2, 0) is 4.74 Å². The van der Waals surface area contributed by atoms with E-state index in [4.69, 9.17) is 9.47 Å². The Balaban J connectivity index is 1.81. The van der Waals surface area contributed by atoms with Gasteiger partial charge in [-0.1, -0.05) is 18.2 Å². The van der Waals surface area contributed by atoms with E-state index in [1.807, 2.05) is 38.1 Å². The van der Waals surface area contributed by atoms with Gasteiger partial charge < -0.3 is 14.4 Å². The topological polar surface area (TPSA) is 51.7 Å². The number of para-hydroxylation sites is 1. The normalized spacial score (nSPS) is 16.8. The van der Waals surface area contributed by atoms with Crippen molar-refractivity contribution in [3.05, 3.63) is 53.7 Å². The van der Waals surface area contributed by atoms with Gasteiger partial charge in [-0.05, 0) is 31.5 Å². The van der Waals surface area contributed by atoms with Crippen molar-refractivity contribution in [3.8, 4) is 5.88 Å². The quantitative estimate of drug-likeness (QED) is 0.846. The number of aromatic nitrogens is 1. The predicted molar refractivity (Wildman–Crippen MR) is 92.6 cm³/mol. The van der Waals surface area contributed by atoms with Crippen LogP contribution in [0.5, 0.6) is 5.88 Å². The zero-order chi connectivity index (χ0) is 16.9. The summed E-state index contributed by atoms with van der Waals surface area (Å²) in [6.07, 6.45) is 2.48. The molecule has 1 aliphatic heterocycles. The molecule has 24 heavy (non-hydrogen) atoms. The van der Waals surface area contributed by atoms with Crippen LogP contribution in [0.3, 0.4) is 0 Å². The van der Waals surface area contributed by atoms with Gasteiger partial charge in [-0.2, -0.15) is 0 Å². The van der Waals surface area contributed by atoms with Crippen molar-refractivity contribution in [3.63, 3.8) is 0 Å². The van der Waals surface area contributed by atoms with E-state index in [0.717, 1.165) is 17.7 Å². The maximum Gasteiger partial charge on any atom is 0.258 e. The fourth-order valence-electron chi connectivity index (χ4n) is 2.83. The molecule has 2 heterocycles. The molecule has 1 saturated heterocycles. The average Bonchev–Trinajstić information content (AvgIpc) is 3.10. The Morgan fingerprint density at radius 1 is 1.38 bits per heavy atom. The first kappa shape index (κ1) is 16.5. The van der Waals surface area contributed by atoms with E-state index >= 15 is 0 Å². The molecule has 0 spiro atoms. The fraction of sp³-hybridized carbons (Fsp3) is 0.368. The van der Waals surface area contributed by atoms with Crippen LogP contribution in [0.4, 0.5) is 5.69 Å². The molecule has 5 nitrogen and oxygen atoms in total. The highest BCUT2D eigenvalue weighted by Gasteiger charge is 2.21. The molecule has 0 radical (unpaired) electrons. The molecule has 1 amide bonds. The standard InChI is InChI=1S/C19H22N2O3/c1-3-21(17-7-5-4-6-14(17)2)19(22)15-8-10-20-18(12-15)24-16-9-11-23-13-16/h4-8,10,12,16H,3,9,11,13H2,1-2H3/t16-/m0/s1. The summed E-state index contributed by atoms with van der Waals surface area (Å²) in [5.74, 6) is 0.416. The molecular formula is C19H22N2O3. The first-order chi connectivity index (χ1) is 11.7. The Bertz CT molecular complexity index is 711. The van der Waals surface area contributed by atoms with Crippen LogP contribution < -0.4 is 9.64 Å². The number of hydrogen-bond donors (Lipinski definition) is 0. The molecule has 1 fully saturated rings. The van der Waals surface area contributed by atoms with Gasteiger partial charge >= 0.3 is 0 Å². The Morgan fingerprint density at radius 3 is 2.92 bits per heavy atom. The third kappa shape index (κ3) is 3.57. The number of benzene rings is 1. The zero-order valence-electron chi connectivity index (χ0n) is 14.1. The highest BCUT2D eigenvalue weighted by molar-refractivity contribution is 6.06. The van der Waals surface area contributed by atoms with Gasteiger partial charge in [0.05, 0.1) is 13.2 Å². The van der Waals surface area contributed by atoms with Crippen LogP contribution in [0.1, 0.15) is 29.3 Å². The van der Waals surface area contributed by atoms with E-state index in [2.05, 4.69) is 4.98 Å². The summed E-state index contributed by atoms with van der Waals surface area (Å²) in [7, 11) is 0. The molecule has 0 saturated carbocycles. The molecule has 1 aliphatic rings. The highest BCUT2D eigenvalue weighted by atomic mass is 16.5. The van der Waals surface area contributed by atoms with Gasteiger partial charge in [0.15, 0.2) is 0 Å². The van der Waals surface area contributed by atoms with Crippen LogP contribution in [0.25, 0.3) is 0 Å². The summed E-state index contributed by atoms with van der Waals surface area (Å²) < 4.78 is 11.1. The number of anilines is 1. The number of pyridine rings is 1. The van der Waals surface area contributed by atoms with Crippen molar-refractivity contribution in [1.82, 2.24) is 4.98 Å². The lowest BCUT2D eigenvalue weighted by Gasteiger charge is -2.23. The van der Waals surface area contributed by atoms with Gasteiger partial charge in [0.2, 0.25) is 5.88 Å². The van der Waals surface area contributed by atoms with E-state index in [1.165, 1.54) is 0 Å². The molecule has 1 aromatic carbocycles. The lowest BCUT2D eigenvalue weighted by molar-refractivity contribution is 0.0986. The van der Waals surface area contributed by atoms with Crippen molar-refractivity contribution in [2.24, 2.45) is 0 Å². The maximum atomic E-state index is 12.9. The molecule has 126 valence electrons. The summed E-state index contributed by atoms with van der Waals surface area (Å²) in [4.78, 5) is 18.9. The van der Waals surface area contributed by atoms with E-state index in [-0.39, 0.29) is 12.0 Å². The van der Waals surface area contributed by atoms with Crippen LogP contribution in [-0.4, -0.2) is 36.8 Å². The summed E-state index contributed by atoms with van der Waals surface area (Å²) in [6, 6.07) is 11.3. The summed E-state index contributed by atoms with van der Waals surface area (Å²) in [5.41, 5.74) is 2.57. The minimum atomic E-state index is -0.0540. The second-order valence-electron chi connectivity index (χ2n) is 5.82. The SMILES string of the molecule is CCN(C(=O)c1ccnc(O[C@H]2CCOC2)c1)c1ccccc1C. The lowest BCUT2D eigenvalue weighted by Crippen LogP contribution is -2.31. The van der Waals surface area contributed by atoms with Gasteiger partial charge in [-0.25, -0.2) is 4.98 Å². The smallest absolute Gasteiger partial charge is 0.258 e. The number of rotatable bonds is 5. The van der Waals surface area contributed by atoms with E-state index < -0.39 is 0 Å². The molecule has 0 unspecified atom stereocenters. The molecule has 0 N–H and O–H groups in total. The molecule has 1 aromatic heterocycles. The van der Waals surface area contributed by atoms with Gasteiger partial charge in [0.1, 0.15) is 6.10 Å². The van der Waals surface area contributed by atoms with Crippen molar-refractivity contribution in [2.75, 3.05) is 24.7 Å². The number of aryl methyl sites for hydroxylation is 1. The van der Waals surface area contributed by atoms with Crippen LogP contribution in [0.15, 0.2) is 42.6 Å². The van der Waals surface area contributed by atoms with Gasteiger partial charge in [0, 0.05) is 36.5 Å². The molecule has 3 rings (SSSR count). The molecule has 0 bridgehead atoms. The van der Waals surface area contributed by atoms with Crippen LogP contribution in [0.2, 0.25) is 0 Å². The van der Waals surface area contributed by atoms with E-state index in [1.54, 1.807) is 23.2 Å². The van der Waals surface area contributed by atoms with Gasteiger partial charge in [0.25, 0.3) is 5.91 Å². The first-order valence-electron chi connectivity index (χ1n) is 8.27. The average molecular weight is 326 g/mol. The number of nitrogens with zero attached hydrogens (tertiary/aromatic N) is 2. The van der Waals surface area contributed by atoms with E-state index in [0.29, 0.717) is 31.2 Å². The third-order valence-corrected chi connectivity index (χ3v) is 4.12. The number of ether oxygens (including phenoxy) is 2. The largest absolute Gasteiger partial charge is 0.472 e.